The molecule has 0 radical (unpaired) electrons. The highest BCUT2D eigenvalue weighted by molar-refractivity contribution is 5.78. The third-order valence-electron chi connectivity index (χ3n) is 2.66. The number of H-pyrrole nitrogens is 1. The summed E-state index contributed by atoms with van der Waals surface area (Å²) in [5.74, 6) is 0.00563. The van der Waals surface area contributed by atoms with Gasteiger partial charge in [-0.1, -0.05) is 6.07 Å². The number of pyridine rings is 1. The highest BCUT2D eigenvalue weighted by Gasteiger charge is 2.32. The molecule has 2 aromatic rings. The van der Waals surface area contributed by atoms with E-state index in [4.69, 9.17) is 0 Å². The maximum absolute atomic E-state index is 12.5. The molecule has 0 saturated heterocycles. The normalized spacial score (nSPS) is 13.0. The van der Waals surface area contributed by atoms with E-state index in [9.17, 15) is 18.0 Å². The topological polar surface area (TPSA) is 83.6 Å². The van der Waals surface area contributed by atoms with Crippen LogP contribution in [0.4, 0.5) is 13.2 Å². The van der Waals surface area contributed by atoms with Gasteiger partial charge in [-0.15, -0.1) is 0 Å². The molecule has 6 nitrogen and oxygen atoms in total. The fourth-order valence-electron chi connectivity index (χ4n) is 1.68. The summed E-state index contributed by atoms with van der Waals surface area (Å²) in [7, 11) is 0. The van der Waals surface area contributed by atoms with Crippen molar-refractivity contribution in [1.82, 2.24) is 25.5 Å². The Bertz CT molecular complexity index is 612. The van der Waals surface area contributed by atoms with Gasteiger partial charge in [0.25, 0.3) is 0 Å². The molecule has 1 atom stereocenters. The minimum absolute atomic E-state index is 0.0482. The van der Waals surface area contributed by atoms with Gasteiger partial charge in [-0.05, 0) is 19.1 Å². The maximum atomic E-state index is 12.5. The number of alkyl halides is 3. The molecule has 0 fully saturated rings. The largest absolute Gasteiger partial charge is 0.433 e. The molecule has 1 unspecified atom stereocenters. The van der Waals surface area contributed by atoms with E-state index in [0.717, 1.165) is 6.07 Å². The Morgan fingerprint density at radius 2 is 2.19 bits per heavy atom. The predicted octanol–water partition coefficient (Wildman–Crippen LogP) is 1.64. The van der Waals surface area contributed by atoms with Gasteiger partial charge >= 0.3 is 6.18 Å². The average Bonchev–Trinajstić information content (AvgIpc) is 2.91. The van der Waals surface area contributed by atoms with Crippen LogP contribution in [0.2, 0.25) is 0 Å². The summed E-state index contributed by atoms with van der Waals surface area (Å²) in [6.07, 6.45) is -3.48. The molecule has 21 heavy (non-hydrogen) atoms. The lowest BCUT2D eigenvalue weighted by atomic mass is 10.2. The highest BCUT2D eigenvalue weighted by Crippen LogP contribution is 2.27. The Kier molecular flexibility index (Phi) is 4.20. The number of nitrogens with zero attached hydrogens (tertiary/aromatic N) is 3. The number of carbonyl (C=O) groups excluding carboxylic acids is 1. The second-order valence-electron chi connectivity index (χ2n) is 4.35. The van der Waals surface area contributed by atoms with E-state index in [-0.39, 0.29) is 12.1 Å². The fourth-order valence-corrected chi connectivity index (χ4v) is 1.68. The van der Waals surface area contributed by atoms with Crippen LogP contribution in [0.5, 0.6) is 0 Å². The Balaban J connectivity index is 2.00. The van der Waals surface area contributed by atoms with Crippen LogP contribution in [0.1, 0.15) is 30.2 Å². The Morgan fingerprint density at radius 1 is 1.43 bits per heavy atom. The van der Waals surface area contributed by atoms with Crippen molar-refractivity contribution in [3.8, 4) is 0 Å². The third-order valence-corrected chi connectivity index (χ3v) is 2.66. The molecule has 0 aromatic carbocycles. The molecule has 0 aliphatic rings. The van der Waals surface area contributed by atoms with Gasteiger partial charge in [-0.2, -0.15) is 18.3 Å². The Hall–Kier alpha value is -2.45. The van der Waals surface area contributed by atoms with Crippen molar-refractivity contribution in [2.24, 2.45) is 0 Å². The number of rotatable bonds is 4. The standard InChI is InChI=1S/C12H12F3N5O/c1-7(11-16-6-17-20-11)18-10(21)5-8-3-2-4-9(19-8)12(13,14)15/h2-4,6-7H,5H2,1H3,(H,18,21)(H,16,17,20). The zero-order valence-corrected chi connectivity index (χ0v) is 11.0. The lowest BCUT2D eigenvalue weighted by Gasteiger charge is -2.11. The number of nitrogens with one attached hydrogen (secondary N) is 2. The van der Waals surface area contributed by atoms with Crippen LogP contribution in [0, 0.1) is 0 Å². The first kappa shape index (κ1) is 14.9. The summed E-state index contributed by atoms with van der Waals surface area (Å²) in [5, 5.41) is 8.84. The number of hydrogen-bond acceptors (Lipinski definition) is 4. The zero-order valence-electron chi connectivity index (χ0n) is 11.0. The van der Waals surface area contributed by atoms with Crippen LogP contribution in [0.25, 0.3) is 0 Å². The van der Waals surface area contributed by atoms with Gasteiger partial charge < -0.3 is 5.32 Å². The van der Waals surface area contributed by atoms with Crippen molar-refractivity contribution in [3.63, 3.8) is 0 Å². The number of aromatic amines is 1. The summed E-state index contributed by atoms with van der Waals surface area (Å²) < 4.78 is 37.6. The molecule has 0 saturated carbocycles. The van der Waals surface area contributed by atoms with Crippen LogP contribution in [-0.2, 0) is 17.4 Å². The molecule has 2 heterocycles. The molecular weight excluding hydrogens is 287 g/mol. The van der Waals surface area contributed by atoms with Crippen molar-refractivity contribution in [3.05, 3.63) is 41.7 Å². The van der Waals surface area contributed by atoms with Gasteiger partial charge in [0.1, 0.15) is 17.8 Å². The van der Waals surface area contributed by atoms with Gasteiger partial charge in [-0.25, -0.2) is 9.97 Å². The molecule has 0 bridgehead atoms. The molecule has 9 heteroatoms. The van der Waals surface area contributed by atoms with Gasteiger partial charge in [0, 0.05) is 0 Å². The predicted molar refractivity (Wildman–Crippen MR) is 65.9 cm³/mol. The van der Waals surface area contributed by atoms with Crippen molar-refractivity contribution in [2.75, 3.05) is 0 Å². The molecule has 2 N–H and O–H groups in total. The summed E-state index contributed by atoms with van der Waals surface area (Å²) in [6, 6.07) is 3.02. The number of aromatic nitrogens is 4. The van der Waals surface area contributed by atoms with Crippen molar-refractivity contribution >= 4 is 5.91 Å². The smallest absolute Gasteiger partial charge is 0.346 e. The van der Waals surface area contributed by atoms with E-state index in [1.165, 1.54) is 18.5 Å². The summed E-state index contributed by atoms with van der Waals surface area (Å²) in [6.45, 7) is 1.68. The highest BCUT2D eigenvalue weighted by atomic mass is 19.4. The minimum atomic E-state index is -4.53. The summed E-state index contributed by atoms with van der Waals surface area (Å²) >= 11 is 0. The lowest BCUT2D eigenvalue weighted by molar-refractivity contribution is -0.141. The monoisotopic (exact) mass is 299 g/mol. The number of halogens is 3. The first-order valence-electron chi connectivity index (χ1n) is 6.04. The van der Waals surface area contributed by atoms with Gasteiger partial charge in [0.15, 0.2) is 0 Å². The van der Waals surface area contributed by atoms with Crippen molar-refractivity contribution in [2.45, 2.75) is 25.6 Å². The van der Waals surface area contributed by atoms with Gasteiger partial charge in [0.2, 0.25) is 5.91 Å². The Morgan fingerprint density at radius 3 is 2.81 bits per heavy atom. The molecule has 0 spiro atoms. The number of hydrogen-bond donors (Lipinski definition) is 2. The maximum Gasteiger partial charge on any atom is 0.433 e. The van der Waals surface area contributed by atoms with E-state index < -0.39 is 23.8 Å². The second-order valence-corrected chi connectivity index (χ2v) is 4.35. The SMILES string of the molecule is CC(NC(=O)Cc1cccc(C(F)(F)F)n1)c1ncn[nH]1. The lowest BCUT2D eigenvalue weighted by Crippen LogP contribution is -2.29. The first-order chi connectivity index (χ1) is 9.86. The van der Waals surface area contributed by atoms with Crippen LogP contribution in [0.3, 0.4) is 0 Å². The van der Waals surface area contributed by atoms with Crippen LogP contribution >= 0.6 is 0 Å². The Labute approximate surface area is 117 Å². The molecule has 1 amide bonds. The zero-order chi connectivity index (χ0) is 15.5. The molecule has 0 aliphatic heterocycles. The second kappa shape index (κ2) is 5.90. The first-order valence-corrected chi connectivity index (χ1v) is 6.04. The number of carbonyl (C=O) groups is 1. The fraction of sp³-hybridized carbons (Fsp3) is 0.333. The van der Waals surface area contributed by atoms with E-state index in [1.807, 2.05) is 0 Å². The molecule has 0 aliphatic carbocycles. The average molecular weight is 299 g/mol. The third kappa shape index (κ3) is 4.01. The molecule has 2 rings (SSSR count). The summed E-state index contributed by atoms with van der Waals surface area (Å²) in [4.78, 5) is 19.1. The van der Waals surface area contributed by atoms with E-state index in [2.05, 4.69) is 25.5 Å². The van der Waals surface area contributed by atoms with E-state index >= 15 is 0 Å². The molecular formula is C12H12F3N5O. The van der Waals surface area contributed by atoms with Gasteiger partial charge in [0.05, 0.1) is 18.2 Å². The summed E-state index contributed by atoms with van der Waals surface area (Å²) in [5.41, 5.74) is -0.969. The minimum Gasteiger partial charge on any atom is -0.346 e. The number of amides is 1. The van der Waals surface area contributed by atoms with E-state index in [0.29, 0.717) is 5.82 Å². The van der Waals surface area contributed by atoms with Crippen LogP contribution in [-0.4, -0.2) is 26.1 Å². The van der Waals surface area contributed by atoms with Gasteiger partial charge in [-0.3, -0.25) is 9.89 Å². The van der Waals surface area contributed by atoms with E-state index in [1.54, 1.807) is 6.92 Å². The quantitative estimate of drug-likeness (QED) is 0.899. The molecule has 112 valence electrons. The van der Waals surface area contributed by atoms with Crippen LogP contribution < -0.4 is 5.32 Å². The van der Waals surface area contributed by atoms with Crippen molar-refractivity contribution < 1.29 is 18.0 Å². The molecule has 2 aromatic heterocycles. The van der Waals surface area contributed by atoms with Crippen molar-refractivity contribution in [1.29, 1.82) is 0 Å². The van der Waals surface area contributed by atoms with Crippen LogP contribution in [0.15, 0.2) is 24.5 Å².